The molecule has 6 heteroatoms. The molecule has 0 bridgehead atoms. The van der Waals surface area contributed by atoms with Crippen LogP contribution in [-0.2, 0) is 4.74 Å². The Bertz CT molecular complexity index is 205. The highest BCUT2D eigenvalue weighted by molar-refractivity contribution is 4.73. The Balaban J connectivity index is 2.02. The maximum Gasteiger partial charge on any atom is 0.522 e. The summed E-state index contributed by atoms with van der Waals surface area (Å²) in [5.41, 5.74) is 0. The van der Waals surface area contributed by atoms with Crippen LogP contribution in [0.5, 0.6) is 0 Å². The minimum absolute atomic E-state index is 0.294. The van der Waals surface area contributed by atoms with Gasteiger partial charge >= 0.3 is 6.36 Å². The molecule has 1 aliphatic heterocycles. The third-order valence-corrected chi connectivity index (χ3v) is 3.01. The molecule has 1 fully saturated rings. The number of likely N-dealkylation sites (N-methyl/N-ethyl adjacent to an activating group) is 1. The summed E-state index contributed by atoms with van der Waals surface area (Å²) in [7, 11) is 1.82. The van der Waals surface area contributed by atoms with E-state index in [9.17, 15) is 13.2 Å². The van der Waals surface area contributed by atoms with Gasteiger partial charge in [-0.3, -0.25) is 4.74 Å². The van der Waals surface area contributed by atoms with E-state index in [-0.39, 0.29) is 6.61 Å². The topological polar surface area (TPSA) is 24.5 Å². The SMILES string of the molecule is CN(CCOC(F)(F)F)CCC1CCCCN1. The van der Waals surface area contributed by atoms with Gasteiger partial charge in [0.15, 0.2) is 0 Å². The highest BCUT2D eigenvalue weighted by Crippen LogP contribution is 2.15. The highest BCUT2D eigenvalue weighted by atomic mass is 19.4. The monoisotopic (exact) mass is 254 g/mol. The van der Waals surface area contributed by atoms with Gasteiger partial charge in [0.05, 0.1) is 6.61 Å². The zero-order chi connectivity index (χ0) is 12.7. The van der Waals surface area contributed by atoms with Gasteiger partial charge in [-0.1, -0.05) is 6.42 Å². The van der Waals surface area contributed by atoms with E-state index >= 15 is 0 Å². The van der Waals surface area contributed by atoms with Crippen molar-refractivity contribution in [1.29, 1.82) is 0 Å². The summed E-state index contributed by atoms with van der Waals surface area (Å²) in [6.07, 6.45) is 0.130. The van der Waals surface area contributed by atoms with Crippen molar-refractivity contribution in [2.45, 2.75) is 38.1 Å². The summed E-state index contributed by atoms with van der Waals surface area (Å²) in [6, 6.07) is 0.523. The van der Waals surface area contributed by atoms with Crippen LogP contribution in [0, 0.1) is 0 Å². The van der Waals surface area contributed by atoms with Crippen LogP contribution in [0.1, 0.15) is 25.7 Å². The average Bonchev–Trinajstić information content (AvgIpc) is 2.26. The molecule has 1 heterocycles. The Kier molecular flexibility index (Phi) is 6.22. The number of nitrogens with one attached hydrogen (secondary N) is 1. The van der Waals surface area contributed by atoms with Crippen LogP contribution >= 0.6 is 0 Å². The molecule has 1 N–H and O–H groups in total. The van der Waals surface area contributed by atoms with Crippen molar-refractivity contribution >= 4 is 0 Å². The number of hydrogen-bond donors (Lipinski definition) is 1. The van der Waals surface area contributed by atoms with Gasteiger partial charge in [0, 0.05) is 12.6 Å². The van der Waals surface area contributed by atoms with E-state index in [1.54, 1.807) is 0 Å². The Morgan fingerprint density at radius 3 is 2.65 bits per heavy atom. The lowest BCUT2D eigenvalue weighted by Gasteiger charge is -2.25. The third kappa shape index (κ3) is 7.57. The van der Waals surface area contributed by atoms with E-state index < -0.39 is 6.36 Å². The number of nitrogens with zero attached hydrogens (tertiary/aromatic N) is 1. The smallest absolute Gasteiger partial charge is 0.314 e. The Morgan fingerprint density at radius 2 is 2.06 bits per heavy atom. The summed E-state index contributed by atoms with van der Waals surface area (Å²) in [6.45, 7) is 1.88. The molecule has 0 aliphatic carbocycles. The molecule has 0 aromatic carbocycles. The van der Waals surface area contributed by atoms with E-state index in [1.807, 2.05) is 11.9 Å². The molecular weight excluding hydrogens is 233 g/mol. The first-order chi connectivity index (χ1) is 7.97. The van der Waals surface area contributed by atoms with Crippen LogP contribution in [0.2, 0.25) is 0 Å². The molecule has 0 aromatic rings. The second-order valence-corrected chi connectivity index (χ2v) is 4.53. The standard InChI is InChI=1S/C11H21F3N2O/c1-16(8-9-17-11(12,13)14)7-5-10-4-2-3-6-15-10/h10,15H,2-9H2,1H3. The maximum absolute atomic E-state index is 11.7. The molecule has 1 saturated heterocycles. The van der Waals surface area contributed by atoms with Crippen molar-refractivity contribution in [3.63, 3.8) is 0 Å². The van der Waals surface area contributed by atoms with E-state index in [4.69, 9.17) is 0 Å². The number of rotatable bonds is 6. The lowest BCUT2D eigenvalue weighted by Crippen LogP contribution is -2.37. The summed E-state index contributed by atoms with van der Waals surface area (Å²) in [4.78, 5) is 1.88. The van der Waals surface area contributed by atoms with Gasteiger partial charge in [0.1, 0.15) is 0 Å². The molecule has 0 spiro atoms. The third-order valence-electron chi connectivity index (χ3n) is 3.01. The van der Waals surface area contributed by atoms with Crippen molar-refractivity contribution < 1.29 is 17.9 Å². The largest absolute Gasteiger partial charge is 0.522 e. The maximum atomic E-state index is 11.7. The summed E-state index contributed by atoms with van der Waals surface area (Å²) in [5, 5.41) is 3.42. The Hall–Kier alpha value is -0.330. The highest BCUT2D eigenvalue weighted by Gasteiger charge is 2.28. The lowest BCUT2D eigenvalue weighted by atomic mass is 10.0. The molecule has 102 valence electrons. The first kappa shape index (κ1) is 14.7. The number of ether oxygens (including phenoxy) is 1. The summed E-state index contributed by atoms with van der Waals surface area (Å²) < 4.78 is 38.9. The molecular formula is C11H21F3N2O. The lowest BCUT2D eigenvalue weighted by molar-refractivity contribution is -0.324. The molecule has 1 aliphatic rings. The zero-order valence-corrected chi connectivity index (χ0v) is 10.2. The van der Waals surface area contributed by atoms with Crippen molar-refractivity contribution in [2.24, 2.45) is 0 Å². The Morgan fingerprint density at radius 1 is 1.29 bits per heavy atom. The second kappa shape index (κ2) is 7.18. The second-order valence-electron chi connectivity index (χ2n) is 4.53. The molecule has 0 saturated carbocycles. The molecule has 0 aromatic heterocycles. The molecule has 1 rings (SSSR count). The normalized spacial score (nSPS) is 22.1. The molecule has 1 unspecified atom stereocenters. The fourth-order valence-corrected chi connectivity index (χ4v) is 1.98. The minimum Gasteiger partial charge on any atom is -0.314 e. The van der Waals surface area contributed by atoms with Crippen LogP contribution in [0.15, 0.2) is 0 Å². The van der Waals surface area contributed by atoms with Crippen LogP contribution in [-0.4, -0.2) is 50.6 Å². The molecule has 0 radical (unpaired) electrons. The van der Waals surface area contributed by atoms with Crippen LogP contribution in [0.4, 0.5) is 13.2 Å². The van der Waals surface area contributed by atoms with Crippen molar-refractivity contribution in [1.82, 2.24) is 10.2 Å². The predicted octanol–water partition coefficient (Wildman–Crippen LogP) is 1.99. The number of alkyl halides is 3. The number of piperidine rings is 1. The summed E-state index contributed by atoms with van der Waals surface area (Å²) >= 11 is 0. The zero-order valence-electron chi connectivity index (χ0n) is 10.2. The first-order valence-electron chi connectivity index (χ1n) is 6.10. The predicted molar refractivity (Wildman–Crippen MR) is 59.8 cm³/mol. The van der Waals surface area contributed by atoms with Crippen LogP contribution in [0.3, 0.4) is 0 Å². The Labute approximate surface area is 100 Å². The molecule has 0 amide bonds. The van der Waals surface area contributed by atoms with Gasteiger partial charge in [0.25, 0.3) is 0 Å². The van der Waals surface area contributed by atoms with E-state index in [0.717, 1.165) is 19.5 Å². The average molecular weight is 254 g/mol. The van der Waals surface area contributed by atoms with Gasteiger partial charge in [-0.25, -0.2) is 0 Å². The number of hydrogen-bond acceptors (Lipinski definition) is 3. The van der Waals surface area contributed by atoms with Gasteiger partial charge in [-0.15, -0.1) is 13.2 Å². The summed E-state index contributed by atoms with van der Waals surface area (Å²) in [5.74, 6) is 0. The van der Waals surface area contributed by atoms with Gasteiger partial charge in [0.2, 0.25) is 0 Å². The molecule has 1 atom stereocenters. The van der Waals surface area contributed by atoms with Crippen molar-refractivity contribution in [3.05, 3.63) is 0 Å². The van der Waals surface area contributed by atoms with Gasteiger partial charge < -0.3 is 10.2 Å². The van der Waals surface area contributed by atoms with Gasteiger partial charge in [-0.05, 0) is 39.4 Å². The fraction of sp³-hybridized carbons (Fsp3) is 1.00. The minimum atomic E-state index is -4.51. The van der Waals surface area contributed by atoms with Crippen molar-refractivity contribution in [2.75, 3.05) is 33.3 Å². The molecule has 17 heavy (non-hydrogen) atoms. The quantitative estimate of drug-likeness (QED) is 0.784. The van der Waals surface area contributed by atoms with Crippen LogP contribution < -0.4 is 5.32 Å². The van der Waals surface area contributed by atoms with E-state index in [2.05, 4.69) is 10.1 Å². The van der Waals surface area contributed by atoms with E-state index in [0.29, 0.717) is 12.6 Å². The van der Waals surface area contributed by atoms with Gasteiger partial charge in [-0.2, -0.15) is 0 Å². The first-order valence-corrected chi connectivity index (χ1v) is 6.10. The molecule has 3 nitrogen and oxygen atoms in total. The van der Waals surface area contributed by atoms with Crippen molar-refractivity contribution in [3.8, 4) is 0 Å². The number of halogens is 3. The fourth-order valence-electron chi connectivity index (χ4n) is 1.98. The van der Waals surface area contributed by atoms with E-state index in [1.165, 1.54) is 19.3 Å². The van der Waals surface area contributed by atoms with Crippen LogP contribution in [0.25, 0.3) is 0 Å².